The van der Waals surface area contributed by atoms with E-state index in [1.165, 1.54) is 19.4 Å². The van der Waals surface area contributed by atoms with Gasteiger partial charge in [0.25, 0.3) is 0 Å². The van der Waals surface area contributed by atoms with Crippen LogP contribution in [0.5, 0.6) is 0 Å². The van der Waals surface area contributed by atoms with Crippen LogP contribution in [0.25, 0.3) is 0 Å². The van der Waals surface area contributed by atoms with Gasteiger partial charge in [-0.05, 0) is 25.7 Å². The molecule has 0 bridgehead atoms. The number of piperidine rings is 1. The molecule has 0 aromatic heterocycles. The average Bonchev–Trinajstić information content (AvgIpc) is 2.26. The molecule has 3 atom stereocenters. The van der Waals surface area contributed by atoms with E-state index in [0.29, 0.717) is 12.1 Å². The summed E-state index contributed by atoms with van der Waals surface area (Å²) in [7, 11) is 0. The van der Waals surface area contributed by atoms with Crippen molar-refractivity contribution in [1.82, 2.24) is 10.2 Å². The highest BCUT2D eigenvalue weighted by Gasteiger charge is 2.28. The molecule has 0 aromatic rings. The minimum absolute atomic E-state index is 0.103. The lowest BCUT2D eigenvalue weighted by atomic mass is 9.91. The maximum atomic E-state index is 11.1. The van der Waals surface area contributed by atoms with Gasteiger partial charge in [0, 0.05) is 32.1 Å². The Morgan fingerprint density at radius 2 is 2.12 bits per heavy atom. The van der Waals surface area contributed by atoms with Crippen LogP contribution in [-0.4, -0.2) is 36.0 Å². The summed E-state index contributed by atoms with van der Waals surface area (Å²) >= 11 is 0. The van der Waals surface area contributed by atoms with E-state index in [9.17, 15) is 4.79 Å². The van der Waals surface area contributed by atoms with Gasteiger partial charge >= 0.3 is 0 Å². The topological polar surface area (TPSA) is 32.3 Å². The van der Waals surface area contributed by atoms with E-state index in [1.807, 2.05) is 0 Å². The Morgan fingerprint density at radius 3 is 2.62 bits per heavy atom. The predicted octanol–water partition coefficient (Wildman–Crippen LogP) is 2.02. The SMILES string of the molecule is CCC1CC(NC(C)=O)CN(C(C)CC)C1. The first-order valence-corrected chi connectivity index (χ1v) is 6.57. The van der Waals surface area contributed by atoms with Crippen molar-refractivity contribution >= 4 is 5.91 Å². The van der Waals surface area contributed by atoms with Gasteiger partial charge in [0.05, 0.1) is 0 Å². The van der Waals surface area contributed by atoms with Crippen molar-refractivity contribution in [2.45, 2.75) is 59.0 Å². The van der Waals surface area contributed by atoms with Crippen molar-refractivity contribution < 1.29 is 4.79 Å². The van der Waals surface area contributed by atoms with E-state index >= 15 is 0 Å². The van der Waals surface area contributed by atoms with Gasteiger partial charge in [-0.25, -0.2) is 0 Å². The third-order valence-electron chi connectivity index (χ3n) is 3.76. The highest BCUT2D eigenvalue weighted by Crippen LogP contribution is 2.22. The van der Waals surface area contributed by atoms with E-state index in [2.05, 4.69) is 31.0 Å². The quantitative estimate of drug-likeness (QED) is 0.795. The summed E-state index contributed by atoms with van der Waals surface area (Å²) in [6.07, 6.45) is 3.54. The second-order valence-corrected chi connectivity index (χ2v) is 5.12. The fourth-order valence-corrected chi connectivity index (χ4v) is 2.55. The lowest BCUT2D eigenvalue weighted by Gasteiger charge is -2.40. The zero-order valence-electron chi connectivity index (χ0n) is 11.1. The molecule has 1 heterocycles. The van der Waals surface area contributed by atoms with Crippen LogP contribution in [0.15, 0.2) is 0 Å². The molecular weight excluding hydrogens is 200 g/mol. The molecule has 0 spiro atoms. The van der Waals surface area contributed by atoms with Gasteiger partial charge < -0.3 is 5.32 Å². The first-order valence-electron chi connectivity index (χ1n) is 6.57. The monoisotopic (exact) mass is 226 g/mol. The molecule has 16 heavy (non-hydrogen) atoms. The van der Waals surface area contributed by atoms with Crippen LogP contribution < -0.4 is 5.32 Å². The second-order valence-electron chi connectivity index (χ2n) is 5.12. The fourth-order valence-electron chi connectivity index (χ4n) is 2.55. The van der Waals surface area contributed by atoms with E-state index in [0.717, 1.165) is 18.9 Å². The molecule has 1 amide bonds. The number of rotatable bonds is 4. The first-order chi connectivity index (χ1) is 7.56. The first kappa shape index (κ1) is 13.5. The van der Waals surface area contributed by atoms with E-state index < -0.39 is 0 Å². The van der Waals surface area contributed by atoms with Crippen molar-refractivity contribution in [3.63, 3.8) is 0 Å². The van der Waals surface area contributed by atoms with Gasteiger partial charge in [-0.15, -0.1) is 0 Å². The smallest absolute Gasteiger partial charge is 0.217 e. The number of amides is 1. The lowest BCUT2D eigenvalue weighted by molar-refractivity contribution is -0.120. The van der Waals surface area contributed by atoms with Crippen LogP contribution in [-0.2, 0) is 4.79 Å². The molecule has 94 valence electrons. The van der Waals surface area contributed by atoms with Crippen LogP contribution in [0.3, 0.4) is 0 Å². The Morgan fingerprint density at radius 1 is 1.44 bits per heavy atom. The van der Waals surface area contributed by atoms with Gasteiger partial charge in [0.2, 0.25) is 5.91 Å². The van der Waals surface area contributed by atoms with Gasteiger partial charge in [-0.3, -0.25) is 9.69 Å². The minimum atomic E-state index is 0.103. The van der Waals surface area contributed by atoms with E-state index in [-0.39, 0.29) is 5.91 Å². The molecule has 1 aliphatic heterocycles. The maximum absolute atomic E-state index is 11.1. The van der Waals surface area contributed by atoms with Crippen LogP contribution >= 0.6 is 0 Å². The lowest BCUT2D eigenvalue weighted by Crippen LogP contribution is -2.52. The third-order valence-corrected chi connectivity index (χ3v) is 3.76. The molecule has 0 aliphatic carbocycles. The number of carbonyl (C=O) groups is 1. The van der Waals surface area contributed by atoms with Crippen molar-refractivity contribution in [3.05, 3.63) is 0 Å². The van der Waals surface area contributed by atoms with Gasteiger partial charge in [-0.2, -0.15) is 0 Å². The van der Waals surface area contributed by atoms with Crippen molar-refractivity contribution in [2.75, 3.05) is 13.1 Å². The minimum Gasteiger partial charge on any atom is -0.352 e. The second kappa shape index (κ2) is 6.24. The number of hydrogen-bond donors (Lipinski definition) is 1. The molecule has 0 aromatic carbocycles. The summed E-state index contributed by atoms with van der Waals surface area (Å²) in [5.74, 6) is 0.838. The molecule has 1 rings (SSSR count). The molecular formula is C13H26N2O. The van der Waals surface area contributed by atoms with Crippen LogP contribution in [0.2, 0.25) is 0 Å². The molecule has 0 radical (unpaired) electrons. The van der Waals surface area contributed by atoms with Crippen LogP contribution in [0, 0.1) is 5.92 Å². The van der Waals surface area contributed by atoms with E-state index in [4.69, 9.17) is 0 Å². The Labute approximate surface area is 99.6 Å². The average molecular weight is 226 g/mol. The normalized spacial score (nSPS) is 28.8. The highest BCUT2D eigenvalue weighted by molar-refractivity contribution is 5.73. The van der Waals surface area contributed by atoms with Gasteiger partial charge in [-0.1, -0.05) is 20.3 Å². The zero-order valence-corrected chi connectivity index (χ0v) is 11.1. The van der Waals surface area contributed by atoms with Crippen LogP contribution in [0.4, 0.5) is 0 Å². The Hall–Kier alpha value is -0.570. The van der Waals surface area contributed by atoms with Gasteiger partial charge in [0.15, 0.2) is 0 Å². The summed E-state index contributed by atoms with van der Waals surface area (Å²) in [5.41, 5.74) is 0. The number of nitrogens with one attached hydrogen (secondary N) is 1. The summed E-state index contributed by atoms with van der Waals surface area (Å²) in [5, 5.41) is 3.07. The summed E-state index contributed by atoms with van der Waals surface area (Å²) in [4.78, 5) is 13.6. The summed E-state index contributed by atoms with van der Waals surface area (Å²) in [6, 6.07) is 0.982. The molecule has 3 unspecified atom stereocenters. The molecule has 1 saturated heterocycles. The Kier molecular flexibility index (Phi) is 5.26. The third kappa shape index (κ3) is 3.78. The predicted molar refractivity (Wildman–Crippen MR) is 67.3 cm³/mol. The molecule has 1 fully saturated rings. The molecule has 3 nitrogen and oxygen atoms in total. The maximum Gasteiger partial charge on any atom is 0.217 e. The van der Waals surface area contributed by atoms with Crippen molar-refractivity contribution in [3.8, 4) is 0 Å². The van der Waals surface area contributed by atoms with Gasteiger partial charge in [0.1, 0.15) is 0 Å². The standard InChI is InChI=1S/C13H26N2O/c1-5-10(3)15-8-12(6-2)7-13(9-15)14-11(4)16/h10,12-13H,5-9H2,1-4H3,(H,14,16). The van der Waals surface area contributed by atoms with Crippen molar-refractivity contribution in [2.24, 2.45) is 5.92 Å². The molecule has 1 aliphatic rings. The number of nitrogens with zero attached hydrogens (tertiary/aromatic N) is 1. The summed E-state index contributed by atoms with van der Waals surface area (Å²) in [6.45, 7) is 10.6. The molecule has 3 heteroatoms. The largest absolute Gasteiger partial charge is 0.352 e. The molecule has 1 N–H and O–H groups in total. The van der Waals surface area contributed by atoms with Crippen LogP contribution in [0.1, 0.15) is 47.0 Å². The molecule has 0 saturated carbocycles. The summed E-state index contributed by atoms with van der Waals surface area (Å²) < 4.78 is 0. The Balaban J connectivity index is 2.57. The zero-order chi connectivity index (χ0) is 12.1. The number of carbonyl (C=O) groups excluding carboxylic acids is 1. The fraction of sp³-hybridized carbons (Fsp3) is 0.923. The number of likely N-dealkylation sites (tertiary alicyclic amines) is 1. The number of hydrogen-bond acceptors (Lipinski definition) is 2. The Bertz CT molecular complexity index is 230. The van der Waals surface area contributed by atoms with E-state index in [1.54, 1.807) is 6.92 Å². The van der Waals surface area contributed by atoms with Crippen molar-refractivity contribution in [1.29, 1.82) is 0 Å². The highest BCUT2D eigenvalue weighted by atomic mass is 16.1.